The molecule has 7 N–H and O–H groups in total. The number of amides is 7. The number of aliphatic hydroxyl groups excluding tert-OH is 1. The number of imide groups is 1. The van der Waals surface area contributed by atoms with Gasteiger partial charge < -0.3 is 32.1 Å². The molecule has 0 aromatic heterocycles. The van der Waals surface area contributed by atoms with Crippen molar-refractivity contribution in [1.82, 2.24) is 20.9 Å². The lowest BCUT2D eigenvalue weighted by Gasteiger charge is -2.25. The van der Waals surface area contributed by atoms with Gasteiger partial charge in [0, 0.05) is 37.3 Å². The van der Waals surface area contributed by atoms with Crippen molar-refractivity contribution in [3.05, 3.63) is 54.1 Å². The van der Waals surface area contributed by atoms with Gasteiger partial charge in [0.1, 0.15) is 12.1 Å². The van der Waals surface area contributed by atoms with Gasteiger partial charge in [-0.15, -0.1) is 0 Å². The maximum Gasteiger partial charge on any atom is 0.312 e. The predicted octanol–water partition coefficient (Wildman–Crippen LogP) is 0.453. The van der Waals surface area contributed by atoms with Crippen molar-refractivity contribution in [2.45, 2.75) is 58.2 Å². The van der Waals surface area contributed by atoms with Gasteiger partial charge in [-0.2, -0.15) is 0 Å². The Morgan fingerprint density at radius 1 is 0.976 bits per heavy atom. The van der Waals surface area contributed by atoms with E-state index in [0.29, 0.717) is 24.1 Å². The zero-order chi connectivity index (χ0) is 30.4. The van der Waals surface area contributed by atoms with E-state index < -0.39 is 35.8 Å². The fraction of sp³-hybridized carbons (Fsp3) is 0.429. The van der Waals surface area contributed by atoms with E-state index in [1.165, 1.54) is 12.2 Å². The highest BCUT2D eigenvalue weighted by Crippen LogP contribution is 2.12. The second kappa shape index (κ2) is 16.6. The van der Waals surface area contributed by atoms with Crippen molar-refractivity contribution in [2.75, 3.05) is 18.4 Å². The summed E-state index contributed by atoms with van der Waals surface area (Å²) in [4.78, 5) is 74.0. The van der Waals surface area contributed by atoms with E-state index in [9.17, 15) is 33.9 Å². The van der Waals surface area contributed by atoms with Gasteiger partial charge in [-0.1, -0.05) is 38.1 Å². The van der Waals surface area contributed by atoms with Gasteiger partial charge in [0.15, 0.2) is 0 Å². The molecule has 1 aliphatic rings. The first-order chi connectivity index (χ1) is 19.5. The van der Waals surface area contributed by atoms with E-state index in [4.69, 9.17) is 5.73 Å². The minimum Gasteiger partial charge on any atom is -0.392 e. The highest BCUT2D eigenvalue weighted by Gasteiger charge is 2.28. The Hall–Kier alpha value is -4.52. The lowest BCUT2D eigenvalue weighted by molar-refractivity contribution is -0.136. The molecule has 1 aromatic rings. The third kappa shape index (κ3) is 11.2. The summed E-state index contributed by atoms with van der Waals surface area (Å²) < 4.78 is 0. The first-order valence-corrected chi connectivity index (χ1v) is 13.3. The summed E-state index contributed by atoms with van der Waals surface area (Å²) in [5, 5.41) is 19.8. The van der Waals surface area contributed by atoms with Gasteiger partial charge in [0.05, 0.1) is 6.61 Å². The van der Waals surface area contributed by atoms with Crippen LogP contribution in [0.1, 0.15) is 45.1 Å². The Morgan fingerprint density at radius 3 is 2.22 bits per heavy atom. The molecule has 0 saturated heterocycles. The van der Waals surface area contributed by atoms with Crippen molar-refractivity contribution < 1.29 is 33.9 Å². The molecule has 41 heavy (non-hydrogen) atoms. The Labute approximate surface area is 238 Å². The normalized spacial score (nSPS) is 14.3. The fourth-order valence-electron chi connectivity index (χ4n) is 3.90. The van der Waals surface area contributed by atoms with E-state index in [2.05, 4.69) is 21.3 Å². The maximum atomic E-state index is 13.2. The van der Waals surface area contributed by atoms with Gasteiger partial charge >= 0.3 is 6.03 Å². The zero-order valence-electron chi connectivity index (χ0n) is 23.2. The first kappa shape index (κ1) is 32.7. The molecule has 1 aromatic carbocycles. The molecule has 1 heterocycles. The number of hydrogen-bond donors (Lipinski definition) is 6. The number of primary amides is 1. The Bertz CT molecular complexity index is 1140. The van der Waals surface area contributed by atoms with Crippen LogP contribution in [0.4, 0.5) is 10.5 Å². The molecule has 7 amide bonds. The Morgan fingerprint density at radius 2 is 1.63 bits per heavy atom. The summed E-state index contributed by atoms with van der Waals surface area (Å²) in [6, 6.07) is 3.95. The smallest absolute Gasteiger partial charge is 0.312 e. The molecule has 1 unspecified atom stereocenters. The third-order valence-corrected chi connectivity index (χ3v) is 6.16. The highest BCUT2D eigenvalue weighted by atomic mass is 16.3. The number of benzene rings is 1. The largest absolute Gasteiger partial charge is 0.392 e. The monoisotopic (exact) mass is 570 g/mol. The molecule has 0 aliphatic carbocycles. The summed E-state index contributed by atoms with van der Waals surface area (Å²) in [6.45, 7) is 3.77. The minimum absolute atomic E-state index is 0.0246. The molecule has 13 nitrogen and oxygen atoms in total. The van der Waals surface area contributed by atoms with E-state index >= 15 is 0 Å². The Kier molecular flexibility index (Phi) is 13.2. The summed E-state index contributed by atoms with van der Waals surface area (Å²) in [5.41, 5.74) is 6.23. The summed E-state index contributed by atoms with van der Waals surface area (Å²) in [5.74, 6) is -2.49. The van der Waals surface area contributed by atoms with E-state index in [0.717, 1.165) is 4.90 Å². The topological polar surface area (TPSA) is 200 Å². The molecule has 0 saturated carbocycles. The summed E-state index contributed by atoms with van der Waals surface area (Å²) in [6.07, 6.45) is 6.57. The van der Waals surface area contributed by atoms with Gasteiger partial charge in [-0.25, -0.2) is 4.79 Å². The summed E-state index contributed by atoms with van der Waals surface area (Å²) in [7, 11) is 0. The van der Waals surface area contributed by atoms with E-state index in [1.807, 2.05) is 0 Å². The summed E-state index contributed by atoms with van der Waals surface area (Å²) >= 11 is 0. The third-order valence-electron chi connectivity index (χ3n) is 6.16. The zero-order valence-corrected chi connectivity index (χ0v) is 23.2. The molecular weight excluding hydrogens is 532 g/mol. The van der Waals surface area contributed by atoms with Gasteiger partial charge in [0.2, 0.25) is 17.7 Å². The predicted molar refractivity (Wildman–Crippen MR) is 151 cm³/mol. The molecule has 222 valence electrons. The molecule has 0 spiro atoms. The minimum atomic E-state index is -0.974. The number of nitrogens with zero attached hydrogens (tertiary/aromatic N) is 1. The molecule has 0 fully saturated rings. The molecule has 1 aliphatic heterocycles. The van der Waals surface area contributed by atoms with E-state index in [1.54, 1.807) is 50.3 Å². The van der Waals surface area contributed by atoms with Crippen molar-refractivity contribution in [3.8, 4) is 0 Å². The standard InChI is InChI=1S/C28H38N6O7/c1-18(2)25(33-22(36)8-4-3-5-16-34-23(37)13-14-24(34)38)27(40)32-21(7-6-15-30-28(29)41)26(39)31-20-11-9-19(17-35)10-12-20/h3-4,9-14,18,21,25,35H,5-8,15-17H2,1-2H3,(H,31,39)(H,32,40)(H,33,36)(H3,29,30,41)/b4-3+/t21?,25-/m0/s1. The van der Waals surface area contributed by atoms with Crippen molar-refractivity contribution in [2.24, 2.45) is 11.7 Å². The number of aliphatic hydroxyl groups is 1. The average molecular weight is 571 g/mol. The fourth-order valence-corrected chi connectivity index (χ4v) is 3.90. The average Bonchev–Trinajstić information content (AvgIpc) is 3.25. The number of carbonyl (C=O) groups excluding carboxylic acids is 6. The number of rotatable bonds is 16. The first-order valence-electron chi connectivity index (χ1n) is 13.3. The van der Waals surface area contributed by atoms with Crippen LogP contribution >= 0.6 is 0 Å². The van der Waals surface area contributed by atoms with E-state index in [-0.39, 0.29) is 50.3 Å². The number of nitrogens with two attached hydrogens (primary N) is 1. The number of urea groups is 1. The lowest BCUT2D eigenvalue weighted by atomic mass is 10.0. The maximum absolute atomic E-state index is 13.2. The van der Waals surface area contributed by atoms with Crippen molar-refractivity contribution in [1.29, 1.82) is 0 Å². The van der Waals surface area contributed by atoms with Crippen LogP contribution in [0.15, 0.2) is 48.6 Å². The van der Waals surface area contributed by atoms with Crippen LogP contribution in [0.25, 0.3) is 0 Å². The number of anilines is 1. The van der Waals surface area contributed by atoms with Crippen LogP contribution in [0.3, 0.4) is 0 Å². The second-order valence-corrected chi connectivity index (χ2v) is 9.75. The van der Waals surface area contributed by atoms with Crippen LogP contribution < -0.4 is 27.0 Å². The van der Waals surface area contributed by atoms with Crippen molar-refractivity contribution in [3.63, 3.8) is 0 Å². The SMILES string of the molecule is CC(C)[C@H](NC(=O)C/C=C/CCN1C(=O)C=CC1=O)C(=O)NC(CCCNC(N)=O)C(=O)Nc1ccc(CO)cc1. The molecular formula is C28H38N6O7. The van der Waals surface area contributed by atoms with Gasteiger partial charge in [0.25, 0.3) is 11.8 Å². The molecule has 0 bridgehead atoms. The molecule has 2 atom stereocenters. The lowest BCUT2D eigenvalue weighted by Crippen LogP contribution is -2.54. The number of nitrogens with one attached hydrogen (secondary N) is 4. The second-order valence-electron chi connectivity index (χ2n) is 9.75. The van der Waals surface area contributed by atoms with Crippen LogP contribution in [0.5, 0.6) is 0 Å². The van der Waals surface area contributed by atoms with Gasteiger partial charge in [-0.05, 0) is 42.9 Å². The van der Waals surface area contributed by atoms with Crippen LogP contribution in [-0.2, 0) is 30.6 Å². The van der Waals surface area contributed by atoms with Crippen LogP contribution in [0.2, 0.25) is 0 Å². The quantitative estimate of drug-likeness (QED) is 0.0941. The molecule has 0 radical (unpaired) electrons. The van der Waals surface area contributed by atoms with Gasteiger partial charge in [-0.3, -0.25) is 28.9 Å². The molecule has 13 heteroatoms. The van der Waals surface area contributed by atoms with Crippen LogP contribution in [0, 0.1) is 5.92 Å². The van der Waals surface area contributed by atoms with Crippen molar-refractivity contribution >= 4 is 41.3 Å². The number of carbonyl (C=O) groups is 6. The molecule has 2 rings (SSSR count). The number of hydrogen-bond acceptors (Lipinski definition) is 7. The highest BCUT2D eigenvalue weighted by molar-refractivity contribution is 6.12. The van der Waals surface area contributed by atoms with Crippen LogP contribution in [-0.4, -0.2) is 70.7 Å². The Balaban J connectivity index is 1.96.